The van der Waals surface area contributed by atoms with Gasteiger partial charge in [-0.15, -0.1) is 0 Å². The molecule has 0 spiro atoms. The lowest BCUT2D eigenvalue weighted by molar-refractivity contribution is -0.132. The number of ketones is 2. The van der Waals surface area contributed by atoms with Gasteiger partial charge in [0.15, 0.2) is 0 Å². The molecule has 18 heavy (non-hydrogen) atoms. The normalized spacial score (nSPS) is 17.7. The molecule has 1 atom stereocenters. The van der Waals surface area contributed by atoms with E-state index in [0.29, 0.717) is 5.57 Å². The van der Waals surface area contributed by atoms with Crippen molar-refractivity contribution in [2.45, 2.75) is 40.5 Å². The number of allylic oxidation sites excluding steroid dienone is 5. The predicted octanol–water partition coefficient (Wildman–Crippen LogP) is 3.28. The summed E-state index contributed by atoms with van der Waals surface area (Å²) in [5, 5.41) is 9.93. The summed E-state index contributed by atoms with van der Waals surface area (Å²) in [6, 6.07) is 0. The Kier molecular flexibility index (Phi) is 4.65. The summed E-state index contributed by atoms with van der Waals surface area (Å²) in [4.78, 5) is 23.3. The number of hydrogen-bond donors (Lipinski definition) is 1. The van der Waals surface area contributed by atoms with Gasteiger partial charge in [0.2, 0.25) is 11.6 Å². The number of rotatable bonds is 4. The van der Waals surface area contributed by atoms with Crippen molar-refractivity contribution >= 4 is 11.6 Å². The molecule has 3 nitrogen and oxygen atoms in total. The largest absolute Gasteiger partial charge is 0.507 e. The van der Waals surface area contributed by atoms with E-state index in [1.165, 1.54) is 11.6 Å². The molecule has 0 saturated carbocycles. The molecule has 3 heteroatoms. The fourth-order valence-electron chi connectivity index (χ4n) is 2.01. The average molecular weight is 248 g/mol. The Labute approximate surface area is 108 Å². The molecule has 1 aliphatic rings. The van der Waals surface area contributed by atoms with Crippen molar-refractivity contribution in [1.29, 1.82) is 0 Å². The fraction of sp³-hybridized carbons (Fsp3) is 0.467. The molecular weight excluding hydrogens is 228 g/mol. The van der Waals surface area contributed by atoms with Crippen molar-refractivity contribution in [3.8, 4) is 0 Å². The molecule has 0 amide bonds. The maximum atomic E-state index is 11.8. The van der Waals surface area contributed by atoms with Gasteiger partial charge >= 0.3 is 0 Å². The lowest BCUT2D eigenvalue weighted by atomic mass is 9.85. The molecule has 0 radical (unpaired) electrons. The Balaban J connectivity index is 2.89. The van der Waals surface area contributed by atoms with Crippen LogP contribution >= 0.6 is 0 Å². The van der Waals surface area contributed by atoms with Gasteiger partial charge in [-0.3, -0.25) is 9.59 Å². The first-order valence-electron chi connectivity index (χ1n) is 6.18. The third-order valence-corrected chi connectivity index (χ3v) is 3.09. The van der Waals surface area contributed by atoms with E-state index >= 15 is 0 Å². The monoisotopic (exact) mass is 248 g/mol. The van der Waals surface area contributed by atoms with E-state index in [4.69, 9.17) is 0 Å². The van der Waals surface area contributed by atoms with Crippen LogP contribution in [0, 0.1) is 5.92 Å². The molecule has 0 unspecified atom stereocenters. The van der Waals surface area contributed by atoms with E-state index in [1.807, 2.05) is 20.8 Å². The molecule has 0 heterocycles. The number of aliphatic hydroxyl groups is 1. The number of carbonyl (C=O) groups is 2. The molecule has 0 aromatic carbocycles. The van der Waals surface area contributed by atoms with Crippen LogP contribution in [0.5, 0.6) is 0 Å². The summed E-state index contributed by atoms with van der Waals surface area (Å²) in [7, 11) is 0. The van der Waals surface area contributed by atoms with E-state index in [2.05, 4.69) is 6.08 Å². The summed E-state index contributed by atoms with van der Waals surface area (Å²) in [6.07, 6.45) is 4.87. The highest BCUT2D eigenvalue weighted by Crippen LogP contribution is 2.27. The Morgan fingerprint density at radius 2 is 2.00 bits per heavy atom. The minimum absolute atomic E-state index is 0.0238. The Hall–Kier alpha value is -1.64. The van der Waals surface area contributed by atoms with Crippen LogP contribution in [0.2, 0.25) is 0 Å². The van der Waals surface area contributed by atoms with Crippen LogP contribution in [0.15, 0.2) is 34.6 Å². The van der Waals surface area contributed by atoms with Crippen LogP contribution < -0.4 is 0 Å². The first kappa shape index (κ1) is 14.4. The van der Waals surface area contributed by atoms with Crippen molar-refractivity contribution in [3.05, 3.63) is 34.6 Å². The summed E-state index contributed by atoms with van der Waals surface area (Å²) in [5.74, 6) is -1.23. The number of carbonyl (C=O) groups excluding carboxylic acids is 2. The third kappa shape index (κ3) is 3.19. The molecular formula is C15H20O3. The SMILES string of the molecule is CC(C)=CCC[C@H](C)C1=C(O)C(C)=CC(=O)C1=O. The van der Waals surface area contributed by atoms with Crippen molar-refractivity contribution in [2.24, 2.45) is 5.92 Å². The smallest absolute Gasteiger partial charge is 0.232 e. The standard InChI is InChI=1S/C15H20O3/c1-9(2)6-5-7-10(3)13-14(17)11(4)8-12(16)15(13)18/h6,8,10,17H,5,7H2,1-4H3/t10-/m0/s1. The number of aliphatic hydroxyl groups excluding tert-OH is 1. The molecule has 0 bridgehead atoms. The zero-order valence-corrected chi connectivity index (χ0v) is 11.4. The third-order valence-electron chi connectivity index (χ3n) is 3.09. The lowest BCUT2D eigenvalue weighted by Crippen LogP contribution is -2.24. The Morgan fingerprint density at radius 3 is 2.56 bits per heavy atom. The van der Waals surface area contributed by atoms with Crippen LogP contribution in [0.4, 0.5) is 0 Å². The van der Waals surface area contributed by atoms with Gasteiger partial charge in [0.1, 0.15) is 5.76 Å². The zero-order chi connectivity index (χ0) is 13.9. The van der Waals surface area contributed by atoms with Gasteiger partial charge in [0.05, 0.1) is 0 Å². The number of Topliss-reactive ketones (excluding diaryl/α,β-unsaturated/α-hetero) is 1. The minimum atomic E-state index is -0.567. The van der Waals surface area contributed by atoms with E-state index < -0.39 is 11.6 Å². The minimum Gasteiger partial charge on any atom is -0.507 e. The summed E-state index contributed by atoms with van der Waals surface area (Å²) in [5.41, 5.74) is 1.97. The number of hydrogen-bond acceptors (Lipinski definition) is 3. The first-order valence-corrected chi connectivity index (χ1v) is 6.18. The highest BCUT2D eigenvalue weighted by molar-refractivity contribution is 6.48. The topological polar surface area (TPSA) is 54.4 Å². The van der Waals surface area contributed by atoms with Gasteiger partial charge in [-0.25, -0.2) is 0 Å². The van der Waals surface area contributed by atoms with E-state index in [-0.39, 0.29) is 17.3 Å². The van der Waals surface area contributed by atoms with Crippen molar-refractivity contribution < 1.29 is 14.7 Å². The second-order valence-electron chi connectivity index (χ2n) is 5.04. The summed E-state index contributed by atoms with van der Waals surface area (Å²) < 4.78 is 0. The fourth-order valence-corrected chi connectivity index (χ4v) is 2.01. The van der Waals surface area contributed by atoms with E-state index in [1.54, 1.807) is 6.92 Å². The van der Waals surface area contributed by atoms with Crippen molar-refractivity contribution in [2.75, 3.05) is 0 Å². The maximum absolute atomic E-state index is 11.8. The van der Waals surface area contributed by atoms with Gasteiger partial charge in [0, 0.05) is 5.57 Å². The molecule has 0 saturated heterocycles. The van der Waals surface area contributed by atoms with Gasteiger partial charge in [0.25, 0.3) is 0 Å². The Bertz CT molecular complexity index is 460. The van der Waals surface area contributed by atoms with E-state index in [0.717, 1.165) is 12.8 Å². The van der Waals surface area contributed by atoms with Crippen LogP contribution in [0.3, 0.4) is 0 Å². The van der Waals surface area contributed by atoms with Crippen molar-refractivity contribution in [1.82, 2.24) is 0 Å². The zero-order valence-electron chi connectivity index (χ0n) is 11.4. The molecule has 0 fully saturated rings. The van der Waals surface area contributed by atoms with Gasteiger partial charge in [-0.1, -0.05) is 18.6 Å². The first-order chi connectivity index (χ1) is 8.34. The second-order valence-corrected chi connectivity index (χ2v) is 5.04. The molecule has 1 rings (SSSR count). The maximum Gasteiger partial charge on any atom is 0.232 e. The van der Waals surface area contributed by atoms with Crippen LogP contribution in [-0.2, 0) is 9.59 Å². The quantitative estimate of drug-likeness (QED) is 0.472. The van der Waals surface area contributed by atoms with Crippen LogP contribution in [0.1, 0.15) is 40.5 Å². The van der Waals surface area contributed by atoms with Crippen molar-refractivity contribution in [3.63, 3.8) is 0 Å². The van der Waals surface area contributed by atoms with E-state index in [9.17, 15) is 14.7 Å². The summed E-state index contributed by atoms with van der Waals surface area (Å²) >= 11 is 0. The molecule has 98 valence electrons. The highest BCUT2D eigenvalue weighted by Gasteiger charge is 2.30. The average Bonchev–Trinajstić information content (AvgIpc) is 2.26. The molecule has 1 aliphatic carbocycles. The van der Waals surface area contributed by atoms with Crippen LogP contribution in [0.25, 0.3) is 0 Å². The van der Waals surface area contributed by atoms with Gasteiger partial charge < -0.3 is 5.11 Å². The van der Waals surface area contributed by atoms with Crippen LogP contribution in [-0.4, -0.2) is 16.7 Å². The lowest BCUT2D eigenvalue weighted by Gasteiger charge is -2.19. The predicted molar refractivity (Wildman–Crippen MR) is 71.3 cm³/mol. The van der Waals surface area contributed by atoms with Gasteiger partial charge in [-0.2, -0.15) is 0 Å². The molecule has 0 aliphatic heterocycles. The second kappa shape index (κ2) is 5.80. The molecule has 0 aromatic rings. The molecule has 0 aromatic heterocycles. The highest BCUT2D eigenvalue weighted by atomic mass is 16.3. The molecule has 1 N–H and O–H groups in total. The van der Waals surface area contributed by atoms with Gasteiger partial charge in [-0.05, 0) is 51.2 Å². The Morgan fingerprint density at radius 1 is 1.39 bits per heavy atom. The summed E-state index contributed by atoms with van der Waals surface area (Å²) in [6.45, 7) is 7.55.